The highest BCUT2D eigenvalue weighted by molar-refractivity contribution is 5.15. The molecule has 0 bridgehead atoms. The maximum atomic E-state index is 8.39. The van der Waals surface area contributed by atoms with E-state index in [0.29, 0.717) is 4.90 Å². The van der Waals surface area contributed by atoms with Gasteiger partial charge in [0.25, 0.3) is 0 Å². The van der Waals surface area contributed by atoms with Gasteiger partial charge in [0.1, 0.15) is 0 Å². The molecule has 1 rings (SSSR count). The largest absolute Gasteiger partial charge is 0.292 e. The van der Waals surface area contributed by atoms with E-state index < -0.39 is 68.6 Å². The molecular weight excluding hydrogens is 170 g/mol. The van der Waals surface area contributed by atoms with Gasteiger partial charge in [-0.1, -0.05) is 36.1 Å². The number of likely N-dealkylation sites (N-methyl/N-ethyl adjacent to an activating group) is 1. The fraction of sp³-hybridized carbons (Fsp3) is 0.385. The van der Waals surface area contributed by atoms with E-state index in [9.17, 15) is 0 Å². The molecule has 0 spiro atoms. The van der Waals surface area contributed by atoms with Gasteiger partial charge >= 0.3 is 0 Å². The standard InChI is InChI=1S/C13H17N/c1-4-10-14(3)12(2)11-13-8-6-5-7-9-13/h1,5-9,12H,10-11H2,2-3H3/t12-/m1/s1/i2D3,3D3,5D,6D,7D,8D,9D,12D. The monoisotopic (exact) mass is 199 g/mol. The lowest BCUT2D eigenvalue weighted by Gasteiger charge is -2.22. The van der Waals surface area contributed by atoms with Crippen LogP contribution in [0.4, 0.5) is 0 Å². The first kappa shape index (κ1) is 2.87. The van der Waals surface area contributed by atoms with Gasteiger partial charge in [-0.05, 0) is 25.8 Å². The minimum absolute atomic E-state index is 0.299. The summed E-state index contributed by atoms with van der Waals surface area (Å²) < 4.78 is 92.5. The van der Waals surface area contributed by atoms with Crippen molar-refractivity contribution in [2.24, 2.45) is 0 Å². The Morgan fingerprint density at radius 3 is 3.00 bits per heavy atom. The van der Waals surface area contributed by atoms with E-state index in [1.165, 1.54) is 0 Å². The van der Waals surface area contributed by atoms with Crippen LogP contribution in [0.15, 0.2) is 30.2 Å². The van der Waals surface area contributed by atoms with Crippen LogP contribution in [0.2, 0.25) is 0 Å². The lowest BCUT2D eigenvalue weighted by atomic mass is 10.1. The number of hydrogen-bond acceptors (Lipinski definition) is 1. The zero-order chi connectivity index (χ0) is 20.7. The van der Waals surface area contributed by atoms with Crippen LogP contribution < -0.4 is 0 Å². The van der Waals surface area contributed by atoms with Gasteiger partial charge in [0, 0.05) is 15.6 Å². The maximum Gasteiger partial charge on any atom is 0.0626 e. The summed E-state index contributed by atoms with van der Waals surface area (Å²) in [5.74, 6) is 2.00. The molecule has 0 aromatic heterocycles. The Balaban J connectivity index is 3.69. The van der Waals surface area contributed by atoms with Gasteiger partial charge in [0.2, 0.25) is 0 Å². The summed E-state index contributed by atoms with van der Waals surface area (Å²) in [4.78, 5) is 0.299. The highest BCUT2D eigenvalue weighted by Crippen LogP contribution is 2.06. The molecule has 0 amide bonds. The number of benzene rings is 1. The molecule has 0 aliphatic rings. The van der Waals surface area contributed by atoms with Gasteiger partial charge in [-0.15, -0.1) is 6.42 Å². The molecule has 0 radical (unpaired) electrons. The van der Waals surface area contributed by atoms with E-state index in [-0.39, 0.29) is 0 Å². The van der Waals surface area contributed by atoms with E-state index in [1.54, 1.807) is 0 Å². The van der Waals surface area contributed by atoms with Gasteiger partial charge in [-0.25, -0.2) is 0 Å². The summed E-state index contributed by atoms with van der Waals surface area (Å²) in [5, 5.41) is 0. The summed E-state index contributed by atoms with van der Waals surface area (Å²) in [6.07, 6.45) is 4.17. The van der Waals surface area contributed by atoms with Crippen molar-refractivity contribution in [1.29, 1.82) is 0 Å². The number of terminal acetylenes is 1. The van der Waals surface area contributed by atoms with Crippen LogP contribution in [0.5, 0.6) is 0 Å². The minimum atomic E-state index is -3.19. The Morgan fingerprint density at radius 1 is 1.64 bits per heavy atom. The zero-order valence-electron chi connectivity index (χ0n) is 19.4. The first-order chi connectivity index (χ1) is 11.6. The molecule has 14 heavy (non-hydrogen) atoms. The molecule has 0 heterocycles. The molecule has 1 atom stereocenters. The molecule has 0 saturated carbocycles. The molecule has 0 N–H and O–H groups in total. The second-order valence-electron chi connectivity index (χ2n) is 2.52. The van der Waals surface area contributed by atoms with Gasteiger partial charge in [0.05, 0.1) is 13.4 Å². The van der Waals surface area contributed by atoms with Gasteiger partial charge in [-0.2, -0.15) is 0 Å². The van der Waals surface area contributed by atoms with Crippen molar-refractivity contribution in [2.45, 2.75) is 19.3 Å². The zero-order valence-corrected chi connectivity index (χ0v) is 7.44. The molecule has 0 unspecified atom stereocenters. The number of nitrogens with zero attached hydrogens (tertiary/aromatic N) is 1. The molecule has 0 saturated heterocycles. The quantitative estimate of drug-likeness (QED) is 0.672. The number of rotatable bonds is 4. The van der Waals surface area contributed by atoms with Crippen LogP contribution in [-0.2, 0) is 6.42 Å². The summed E-state index contributed by atoms with van der Waals surface area (Å²) >= 11 is 0. The van der Waals surface area contributed by atoms with Crippen molar-refractivity contribution in [1.82, 2.24) is 4.90 Å². The van der Waals surface area contributed by atoms with Crippen molar-refractivity contribution in [3.05, 3.63) is 35.8 Å². The second-order valence-corrected chi connectivity index (χ2v) is 2.52. The van der Waals surface area contributed by atoms with Crippen molar-refractivity contribution in [3.8, 4) is 12.3 Å². The summed E-state index contributed by atoms with van der Waals surface area (Å²) in [6.45, 7) is -6.94. The van der Waals surface area contributed by atoms with Crippen LogP contribution in [0, 0.1) is 12.3 Å². The van der Waals surface area contributed by atoms with Crippen LogP contribution in [0.3, 0.4) is 0 Å². The Kier molecular flexibility index (Phi) is 1.12. The van der Waals surface area contributed by atoms with Crippen LogP contribution in [0.1, 0.15) is 28.9 Å². The molecule has 0 aliphatic carbocycles. The predicted molar refractivity (Wildman–Crippen MR) is 61.1 cm³/mol. The van der Waals surface area contributed by atoms with Gasteiger partial charge < -0.3 is 0 Å². The summed E-state index contributed by atoms with van der Waals surface area (Å²) in [7, 11) is 0. The Morgan fingerprint density at radius 2 is 2.43 bits per heavy atom. The minimum Gasteiger partial charge on any atom is -0.292 e. The third-order valence-corrected chi connectivity index (χ3v) is 1.47. The predicted octanol–water partition coefficient (Wildman–Crippen LogP) is 2.18. The topological polar surface area (TPSA) is 3.24 Å². The van der Waals surface area contributed by atoms with Crippen LogP contribution in [0.25, 0.3) is 0 Å². The Bertz CT molecular complexity index is 700. The average molecular weight is 199 g/mol. The second kappa shape index (κ2) is 5.47. The first-order valence-electron chi connectivity index (χ1n) is 9.86. The molecule has 0 fully saturated rings. The molecule has 1 aromatic carbocycles. The Hall–Kier alpha value is -1.26. The van der Waals surface area contributed by atoms with E-state index >= 15 is 0 Å². The maximum absolute atomic E-state index is 8.39. The lowest BCUT2D eigenvalue weighted by Crippen LogP contribution is -2.31. The van der Waals surface area contributed by atoms with Crippen LogP contribution >= 0.6 is 0 Å². The molecule has 1 nitrogen and oxygen atoms in total. The third kappa shape index (κ3) is 3.24. The lowest BCUT2D eigenvalue weighted by molar-refractivity contribution is 0.287. The smallest absolute Gasteiger partial charge is 0.0626 e. The van der Waals surface area contributed by atoms with Crippen molar-refractivity contribution < 1.29 is 16.4 Å². The van der Waals surface area contributed by atoms with Crippen molar-refractivity contribution in [3.63, 3.8) is 0 Å². The fourth-order valence-corrected chi connectivity index (χ4v) is 0.814. The van der Waals surface area contributed by atoms with E-state index in [2.05, 4.69) is 0 Å². The first-order valence-corrected chi connectivity index (χ1v) is 3.86. The Labute approximate surface area is 104 Å². The van der Waals surface area contributed by atoms with Crippen LogP contribution in [-0.4, -0.2) is 24.4 Å². The normalized spacial score (nSPS) is 28.9. The third-order valence-electron chi connectivity index (χ3n) is 1.47. The van der Waals surface area contributed by atoms with E-state index in [1.807, 2.05) is 5.92 Å². The molecule has 1 aromatic rings. The molecule has 0 aliphatic heterocycles. The number of hydrogen-bond donors (Lipinski definition) is 0. The fourth-order valence-electron chi connectivity index (χ4n) is 0.814. The highest BCUT2D eigenvalue weighted by atomic mass is 15.1. The van der Waals surface area contributed by atoms with Gasteiger partial charge in [0.15, 0.2) is 0 Å². The summed E-state index contributed by atoms with van der Waals surface area (Å²) in [5.41, 5.74) is -0.464. The molecule has 1 heteroatoms. The van der Waals surface area contributed by atoms with Crippen molar-refractivity contribution >= 4 is 0 Å². The summed E-state index contributed by atoms with van der Waals surface area (Å²) in [6, 6.07) is -6.30. The average Bonchev–Trinajstić information content (AvgIpc) is 2.50. The molecular formula is C13H17N. The SMILES string of the molecule is [2H]c1c([2H])c([2H])c(C[C@]([2H])(N(CC#C)C([2H])([2H])[2H])C([2H])([2H])[2H])c([2H])c1[2H]. The van der Waals surface area contributed by atoms with E-state index in [4.69, 9.17) is 22.9 Å². The van der Waals surface area contributed by atoms with E-state index in [0.717, 1.165) is 0 Å². The molecule has 74 valence electrons. The van der Waals surface area contributed by atoms with Gasteiger partial charge in [-0.3, -0.25) is 4.90 Å². The highest BCUT2D eigenvalue weighted by Gasteiger charge is 2.07. The van der Waals surface area contributed by atoms with Crippen molar-refractivity contribution in [2.75, 3.05) is 13.5 Å².